The predicted octanol–water partition coefficient (Wildman–Crippen LogP) is 4.92. The van der Waals surface area contributed by atoms with Crippen molar-refractivity contribution in [2.24, 2.45) is 0 Å². The van der Waals surface area contributed by atoms with Crippen LogP contribution >= 0.6 is 0 Å². The molecule has 3 nitrogen and oxygen atoms in total. The van der Waals surface area contributed by atoms with E-state index in [0.717, 1.165) is 30.3 Å². The van der Waals surface area contributed by atoms with Crippen molar-refractivity contribution in [1.29, 1.82) is 0 Å². The predicted molar refractivity (Wildman–Crippen MR) is 90.2 cm³/mol. The molecule has 2 aromatic rings. The van der Waals surface area contributed by atoms with Crippen molar-refractivity contribution in [2.75, 3.05) is 23.3 Å². The first-order chi connectivity index (χ1) is 10.0. The lowest BCUT2D eigenvalue weighted by Gasteiger charge is -2.22. The maximum atomic E-state index is 5.61. The largest absolute Gasteiger partial charge is 0.466 e. The Bertz CT molecular complexity index is 567. The van der Waals surface area contributed by atoms with Crippen molar-refractivity contribution in [3.63, 3.8) is 0 Å². The first kappa shape index (κ1) is 15.5. The average molecular weight is 286 g/mol. The van der Waals surface area contributed by atoms with Gasteiger partial charge in [0.1, 0.15) is 11.5 Å². The third-order valence-corrected chi connectivity index (χ3v) is 3.92. The summed E-state index contributed by atoms with van der Waals surface area (Å²) < 4.78 is 5.61. The van der Waals surface area contributed by atoms with Gasteiger partial charge in [-0.15, -0.1) is 0 Å². The second kappa shape index (κ2) is 6.70. The fourth-order valence-corrected chi connectivity index (χ4v) is 2.77. The summed E-state index contributed by atoms with van der Waals surface area (Å²) in [5, 5.41) is 3.54. The molecule has 1 heterocycles. The fourth-order valence-electron chi connectivity index (χ4n) is 2.77. The van der Waals surface area contributed by atoms with Crippen molar-refractivity contribution < 1.29 is 4.42 Å². The molecule has 21 heavy (non-hydrogen) atoms. The number of nitrogens with one attached hydrogen (secondary N) is 1. The Kier molecular flexibility index (Phi) is 4.94. The molecule has 1 atom stereocenters. The summed E-state index contributed by atoms with van der Waals surface area (Å²) in [5.41, 5.74) is 3.63. The van der Waals surface area contributed by atoms with Gasteiger partial charge in [-0.25, -0.2) is 0 Å². The van der Waals surface area contributed by atoms with Gasteiger partial charge in [0.15, 0.2) is 0 Å². The molecule has 1 aromatic carbocycles. The number of furan rings is 1. The number of anilines is 2. The van der Waals surface area contributed by atoms with Crippen LogP contribution in [0.3, 0.4) is 0 Å². The number of hydrogen-bond acceptors (Lipinski definition) is 3. The maximum absolute atomic E-state index is 5.61. The van der Waals surface area contributed by atoms with E-state index in [-0.39, 0.29) is 6.04 Å². The zero-order valence-electron chi connectivity index (χ0n) is 13.7. The van der Waals surface area contributed by atoms with Crippen molar-refractivity contribution in [2.45, 2.75) is 40.7 Å². The van der Waals surface area contributed by atoms with E-state index in [1.165, 1.54) is 11.3 Å². The Labute approximate surface area is 128 Å². The molecular formula is C18H26N2O. The van der Waals surface area contributed by atoms with Crippen molar-refractivity contribution in [3.8, 4) is 0 Å². The molecule has 0 aliphatic carbocycles. The van der Waals surface area contributed by atoms with Gasteiger partial charge in [-0.3, -0.25) is 0 Å². The summed E-state index contributed by atoms with van der Waals surface area (Å²) in [5.74, 6) is 1.96. The SMILES string of the molecule is CCN(CC)c1ccc(NC(C)c2cc(C)oc2C)cc1. The Morgan fingerprint density at radius 2 is 1.71 bits per heavy atom. The van der Waals surface area contributed by atoms with Crippen LogP contribution in [0.5, 0.6) is 0 Å². The number of rotatable bonds is 6. The molecule has 2 rings (SSSR count). The lowest BCUT2D eigenvalue weighted by molar-refractivity contribution is 0.500. The first-order valence-electron chi connectivity index (χ1n) is 7.73. The van der Waals surface area contributed by atoms with E-state index in [9.17, 15) is 0 Å². The molecule has 1 unspecified atom stereocenters. The molecule has 0 saturated carbocycles. The van der Waals surface area contributed by atoms with E-state index >= 15 is 0 Å². The highest BCUT2D eigenvalue weighted by molar-refractivity contribution is 5.55. The smallest absolute Gasteiger partial charge is 0.106 e. The van der Waals surface area contributed by atoms with Crippen LogP contribution in [0.4, 0.5) is 11.4 Å². The quantitative estimate of drug-likeness (QED) is 0.817. The van der Waals surface area contributed by atoms with E-state index in [2.05, 4.69) is 61.3 Å². The third-order valence-electron chi connectivity index (χ3n) is 3.92. The van der Waals surface area contributed by atoms with E-state index in [0.29, 0.717) is 0 Å². The maximum Gasteiger partial charge on any atom is 0.106 e. The first-order valence-corrected chi connectivity index (χ1v) is 7.73. The second-order valence-electron chi connectivity index (χ2n) is 5.45. The average Bonchev–Trinajstić information content (AvgIpc) is 2.81. The van der Waals surface area contributed by atoms with E-state index < -0.39 is 0 Å². The third kappa shape index (κ3) is 3.60. The Morgan fingerprint density at radius 1 is 1.10 bits per heavy atom. The highest BCUT2D eigenvalue weighted by Gasteiger charge is 2.12. The van der Waals surface area contributed by atoms with Crippen LogP contribution in [0.25, 0.3) is 0 Å². The Hall–Kier alpha value is -1.90. The number of benzene rings is 1. The van der Waals surface area contributed by atoms with Gasteiger partial charge in [0, 0.05) is 30.0 Å². The van der Waals surface area contributed by atoms with Crippen LogP contribution in [-0.4, -0.2) is 13.1 Å². The number of nitrogens with zero attached hydrogens (tertiary/aromatic N) is 1. The number of hydrogen-bond donors (Lipinski definition) is 1. The Balaban J connectivity index is 2.08. The Morgan fingerprint density at radius 3 is 2.19 bits per heavy atom. The fraction of sp³-hybridized carbons (Fsp3) is 0.444. The van der Waals surface area contributed by atoms with Crippen LogP contribution in [0, 0.1) is 13.8 Å². The summed E-state index contributed by atoms with van der Waals surface area (Å²) in [7, 11) is 0. The summed E-state index contributed by atoms with van der Waals surface area (Å²) in [4.78, 5) is 2.34. The van der Waals surface area contributed by atoms with Crippen molar-refractivity contribution in [3.05, 3.63) is 47.4 Å². The molecule has 0 fully saturated rings. The van der Waals surface area contributed by atoms with Gasteiger partial charge in [0.25, 0.3) is 0 Å². The minimum atomic E-state index is 0.238. The molecule has 0 aliphatic heterocycles. The van der Waals surface area contributed by atoms with Crippen LogP contribution in [0.1, 0.15) is 43.9 Å². The molecule has 0 saturated heterocycles. The second-order valence-corrected chi connectivity index (χ2v) is 5.45. The van der Waals surface area contributed by atoms with Crippen LogP contribution in [-0.2, 0) is 0 Å². The highest BCUT2D eigenvalue weighted by atomic mass is 16.3. The van der Waals surface area contributed by atoms with Gasteiger partial charge in [0.05, 0.1) is 6.04 Å². The van der Waals surface area contributed by atoms with Crippen LogP contribution in [0.15, 0.2) is 34.7 Å². The molecule has 0 aliphatic rings. The van der Waals surface area contributed by atoms with Crippen molar-refractivity contribution in [1.82, 2.24) is 0 Å². The molecule has 0 amide bonds. The van der Waals surface area contributed by atoms with Gasteiger partial charge in [-0.05, 0) is 65.0 Å². The molecule has 0 bridgehead atoms. The zero-order chi connectivity index (χ0) is 15.4. The normalized spacial score (nSPS) is 12.2. The molecule has 114 valence electrons. The summed E-state index contributed by atoms with van der Waals surface area (Å²) in [6, 6.07) is 11.0. The monoisotopic (exact) mass is 286 g/mol. The van der Waals surface area contributed by atoms with Gasteiger partial charge in [-0.1, -0.05) is 0 Å². The van der Waals surface area contributed by atoms with Gasteiger partial charge in [0.2, 0.25) is 0 Å². The van der Waals surface area contributed by atoms with E-state index in [1.54, 1.807) is 0 Å². The standard InChI is InChI=1S/C18H26N2O/c1-6-20(7-2)17-10-8-16(9-11-17)19-14(4)18-12-13(3)21-15(18)5/h8-12,14,19H,6-7H2,1-5H3. The lowest BCUT2D eigenvalue weighted by atomic mass is 10.1. The topological polar surface area (TPSA) is 28.4 Å². The summed E-state index contributed by atoms with van der Waals surface area (Å²) in [6.07, 6.45) is 0. The van der Waals surface area contributed by atoms with Crippen LogP contribution < -0.4 is 10.2 Å². The molecule has 0 spiro atoms. The van der Waals surface area contributed by atoms with Gasteiger partial charge in [-0.2, -0.15) is 0 Å². The minimum absolute atomic E-state index is 0.238. The molecule has 3 heteroatoms. The van der Waals surface area contributed by atoms with Crippen LogP contribution in [0.2, 0.25) is 0 Å². The summed E-state index contributed by atoms with van der Waals surface area (Å²) >= 11 is 0. The lowest BCUT2D eigenvalue weighted by Crippen LogP contribution is -2.21. The van der Waals surface area contributed by atoms with Crippen molar-refractivity contribution >= 4 is 11.4 Å². The molecular weight excluding hydrogens is 260 g/mol. The molecule has 1 N–H and O–H groups in total. The highest BCUT2D eigenvalue weighted by Crippen LogP contribution is 2.26. The zero-order valence-corrected chi connectivity index (χ0v) is 13.7. The van der Waals surface area contributed by atoms with E-state index in [4.69, 9.17) is 4.42 Å². The van der Waals surface area contributed by atoms with E-state index in [1.807, 2.05) is 13.8 Å². The van der Waals surface area contributed by atoms with Gasteiger partial charge >= 0.3 is 0 Å². The summed E-state index contributed by atoms with van der Waals surface area (Å²) in [6.45, 7) is 12.6. The molecule has 1 aromatic heterocycles. The minimum Gasteiger partial charge on any atom is -0.466 e. The molecule has 0 radical (unpaired) electrons. The van der Waals surface area contributed by atoms with Gasteiger partial charge < -0.3 is 14.6 Å². The number of aryl methyl sites for hydroxylation is 2.